The second-order valence-corrected chi connectivity index (χ2v) is 23.7. The number of carboxylic acids is 1. The van der Waals surface area contributed by atoms with Crippen LogP contribution >= 0.6 is 0 Å². The number of amides is 3. The van der Waals surface area contributed by atoms with Gasteiger partial charge in [0, 0.05) is 38.5 Å². The molecule has 0 saturated carbocycles. The molecule has 1 unspecified atom stereocenters. The van der Waals surface area contributed by atoms with E-state index in [1.807, 2.05) is 0 Å². The van der Waals surface area contributed by atoms with E-state index in [-0.39, 0.29) is 44.9 Å². The van der Waals surface area contributed by atoms with Crippen molar-refractivity contribution >= 4 is 65.3 Å². The van der Waals surface area contributed by atoms with Crippen molar-refractivity contribution in [1.29, 1.82) is 0 Å². The summed E-state index contributed by atoms with van der Waals surface area (Å²) in [5, 5.41) is 16.6. The third-order valence-corrected chi connectivity index (χ3v) is 9.11. The zero-order valence-electron chi connectivity index (χ0n) is 46.1. The maximum Gasteiger partial charge on any atom is 0.408 e. The van der Waals surface area contributed by atoms with E-state index in [4.69, 9.17) is 28.4 Å². The highest BCUT2D eigenvalue weighted by Gasteiger charge is 2.36. The third-order valence-electron chi connectivity index (χ3n) is 9.11. The van der Waals surface area contributed by atoms with E-state index in [1.54, 1.807) is 125 Å². The number of hydrogen-bond donors (Lipinski definition) is 4. The summed E-state index contributed by atoms with van der Waals surface area (Å²) in [6, 6.07) is -4.59. The molecule has 0 aliphatic carbocycles. The molecule has 412 valence electrons. The highest BCUT2D eigenvalue weighted by atomic mass is 16.6. The van der Waals surface area contributed by atoms with Crippen molar-refractivity contribution in [3.05, 3.63) is 0 Å². The predicted molar refractivity (Wildman–Crippen MR) is 262 cm³/mol. The quantitative estimate of drug-likeness (QED) is 0.0545. The highest BCUT2D eigenvalue weighted by molar-refractivity contribution is 5.93. The maximum absolute atomic E-state index is 13.6. The smallest absolute Gasteiger partial charge is 0.408 e. The summed E-state index contributed by atoms with van der Waals surface area (Å²) >= 11 is 0. The van der Waals surface area contributed by atoms with Gasteiger partial charge in [0.1, 0.15) is 63.3 Å². The maximum atomic E-state index is 13.6. The minimum absolute atomic E-state index is 0.0475. The molecule has 0 saturated heterocycles. The highest BCUT2D eigenvalue weighted by Crippen LogP contribution is 2.24. The van der Waals surface area contributed by atoms with Gasteiger partial charge >= 0.3 is 41.9 Å². The lowest BCUT2D eigenvalue weighted by Crippen LogP contribution is -2.53. The zero-order valence-corrected chi connectivity index (χ0v) is 46.1. The van der Waals surface area contributed by atoms with Crippen LogP contribution in [-0.2, 0) is 76.4 Å². The summed E-state index contributed by atoms with van der Waals surface area (Å²) in [5.74, 6) is -10.5. The average molecular weight is 1030 g/mol. The van der Waals surface area contributed by atoms with Crippen LogP contribution in [0, 0.1) is 11.8 Å². The summed E-state index contributed by atoms with van der Waals surface area (Å²) in [5.41, 5.74) is -5.74. The van der Waals surface area contributed by atoms with Gasteiger partial charge in [0.2, 0.25) is 11.8 Å². The van der Waals surface area contributed by atoms with Crippen LogP contribution < -0.4 is 16.0 Å². The molecule has 72 heavy (non-hydrogen) atoms. The van der Waals surface area contributed by atoms with Gasteiger partial charge in [-0.05, 0) is 150 Å². The summed E-state index contributed by atoms with van der Waals surface area (Å²) < 4.78 is 32.6. The van der Waals surface area contributed by atoms with Gasteiger partial charge in [-0.15, -0.1) is 0 Å². The van der Waals surface area contributed by atoms with Gasteiger partial charge < -0.3 is 49.5 Å². The molecule has 5 atom stereocenters. The van der Waals surface area contributed by atoms with Gasteiger partial charge in [-0.1, -0.05) is 0 Å². The lowest BCUT2D eigenvalue weighted by molar-refractivity contribution is -0.163. The minimum Gasteiger partial charge on any atom is -0.481 e. The van der Waals surface area contributed by atoms with Crippen LogP contribution in [0.15, 0.2) is 0 Å². The molecule has 4 N–H and O–H groups in total. The Balaban J connectivity index is 6.38. The minimum atomic E-state index is -1.70. The Labute approximate surface area is 425 Å². The zero-order chi connectivity index (χ0) is 56.4. The number of esters is 5. The Morgan fingerprint density at radius 3 is 1.08 bits per heavy atom. The van der Waals surface area contributed by atoms with Gasteiger partial charge in [-0.3, -0.25) is 38.4 Å². The summed E-state index contributed by atoms with van der Waals surface area (Å²) in [4.78, 5) is 144. The number of Topliss-reactive ketones (excluding diaryl/α,β-unsaturated/α-hetero) is 2. The average Bonchev–Trinajstić information content (AvgIpc) is 3.13. The van der Waals surface area contributed by atoms with Gasteiger partial charge in [0.25, 0.3) is 0 Å². The topological polar surface area (TPSA) is 299 Å². The number of nitrogens with one attached hydrogen (secondary N) is 3. The molecule has 0 aromatic heterocycles. The number of ketones is 2. The SMILES string of the molecule is CC(C)(C)OC(=O)CC[C@H](CC(=O)CC[C@H](NC(=O)CC[C@H](CC(=O)CC[C@H](NC(=O)C(CC(=O)O)NC(=O)OC(C)(C)C)C(=O)OC(C)(C)C)C(=O)OC(C)(C)C)C(=O)OC(C)(C)C)C(=O)OC(C)(C)C. The van der Waals surface area contributed by atoms with E-state index >= 15 is 0 Å². The monoisotopic (exact) mass is 1030 g/mol. The molecule has 21 nitrogen and oxygen atoms in total. The molecule has 0 spiro atoms. The number of alkyl carbamates (subject to hydrolysis) is 1. The van der Waals surface area contributed by atoms with Crippen molar-refractivity contribution in [1.82, 2.24) is 16.0 Å². The number of aliphatic carboxylic acids is 1. The summed E-state index contributed by atoms with van der Waals surface area (Å²) in [6.07, 6.45) is -5.05. The second-order valence-electron chi connectivity index (χ2n) is 23.7. The molecule has 0 fully saturated rings. The Hall–Kier alpha value is -5.63. The Morgan fingerprint density at radius 1 is 0.375 bits per heavy atom. The fourth-order valence-electron chi connectivity index (χ4n) is 6.35. The normalized spacial score (nSPS) is 14.4. The molecule has 21 heteroatoms. The predicted octanol–water partition coefficient (Wildman–Crippen LogP) is 6.30. The van der Waals surface area contributed by atoms with Gasteiger partial charge in [0.05, 0.1) is 18.3 Å². The van der Waals surface area contributed by atoms with Crippen molar-refractivity contribution in [2.75, 3.05) is 0 Å². The molecule has 0 radical (unpaired) electrons. The van der Waals surface area contributed by atoms with Crippen molar-refractivity contribution < 1.29 is 86.3 Å². The molecular weight excluding hydrogens is 943 g/mol. The molecular formula is C51H85N3O18. The Morgan fingerprint density at radius 2 is 0.722 bits per heavy atom. The van der Waals surface area contributed by atoms with Crippen LogP contribution in [0.3, 0.4) is 0 Å². The first kappa shape index (κ1) is 66.4. The van der Waals surface area contributed by atoms with Crippen LogP contribution in [0.2, 0.25) is 0 Å². The molecule has 0 rings (SSSR count). The number of rotatable bonds is 26. The van der Waals surface area contributed by atoms with E-state index in [0.29, 0.717) is 0 Å². The van der Waals surface area contributed by atoms with Gasteiger partial charge in [-0.25, -0.2) is 14.4 Å². The number of hydrogen-bond acceptors (Lipinski definition) is 17. The number of ether oxygens (including phenoxy) is 6. The van der Waals surface area contributed by atoms with Crippen LogP contribution in [0.25, 0.3) is 0 Å². The number of carbonyl (C=O) groups excluding carboxylic acids is 10. The standard InChI is InChI=1S/C51H85N3O18/c1-46(2,3)67-39(60)26-20-31(42(63)69-48(7,8)9)28-32(55)21-23-34(43(64)70-49(10,11)12)52-37(57)25-19-30(41(62)68-47(4,5)6)27-33(56)22-24-35(44(65)71-50(13,14)15)53-40(61)36(29-38(58)59)54-45(66)72-51(16,17)18/h30-31,34-36H,19-29H2,1-18H3,(H,52,57)(H,53,61)(H,54,66)(H,58,59)/t30-,31-,34+,35+,36?/m1/s1. The molecule has 0 aliphatic rings. The molecule has 0 heterocycles. The Kier molecular flexibility index (Phi) is 25.8. The Bertz CT molecular complexity index is 1920. The molecule has 3 amide bonds. The molecule has 0 bridgehead atoms. The largest absolute Gasteiger partial charge is 0.481 e. The van der Waals surface area contributed by atoms with E-state index in [9.17, 15) is 57.8 Å². The first-order valence-corrected chi connectivity index (χ1v) is 24.3. The van der Waals surface area contributed by atoms with E-state index in [2.05, 4.69) is 16.0 Å². The van der Waals surface area contributed by atoms with Crippen molar-refractivity contribution in [2.24, 2.45) is 11.8 Å². The summed E-state index contributed by atoms with van der Waals surface area (Å²) in [6.45, 7) is 29.0. The van der Waals surface area contributed by atoms with E-state index in [0.717, 1.165) is 0 Å². The lowest BCUT2D eigenvalue weighted by Gasteiger charge is -2.27. The molecule has 0 aromatic carbocycles. The van der Waals surface area contributed by atoms with Crippen LogP contribution in [0.5, 0.6) is 0 Å². The van der Waals surface area contributed by atoms with Crippen LogP contribution in [0.1, 0.15) is 195 Å². The van der Waals surface area contributed by atoms with Crippen molar-refractivity contribution in [2.45, 2.75) is 247 Å². The van der Waals surface area contributed by atoms with Crippen LogP contribution in [-0.4, -0.2) is 122 Å². The van der Waals surface area contributed by atoms with Crippen LogP contribution in [0.4, 0.5) is 4.79 Å². The van der Waals surface area contributed by atoms with Crippen molar-refractivity contribution in [3.8, 4) is 0 Å². The lowest BCUT2D eigenvalue weighted by atomic mass is 9.93. The number of carboxylic acid groups (broad SMARTS) is 1. The fourth-order valence-corrected chi connectivity index (χ4v) is 6.35. The first-order chi connectivity index (χ1) is 32.3. The molecule has 0 aromatic rings. The number of carbonyl (C=O) groups is 11. The van der Waals surface area contributed by atoms with Gasteiger partial charge in [-0.2, -0.15) is 0 Å². The molecule has 0 aliphatic heterocycles. The van der Waals surface area contributed by atoms with Crippen molar-refractivity contribution in [3.63, 3.8) is 0 Å². The fraction of sp³-hybridized carbons (Fsp3) is 0.784. The third kappa shape index (κ3) is 33.1. The van der Waals surface area contributed by atoms with E-state index < -0.39 is 155 Å². The first-order valence-electron chi connectivity index (χ1n) is 24.3. The van der Waals surface area contributed by atoms with E-state index in [1.165, 1.54) is 0 Å². The van der Waals surface area contributed by atoms with Gasteiger partial charge in [0.15, 0.2) is 0 Å². The second kappa shape index (κ2) is 28.0. The summed E-state index contributed by atoms with van der Waals surface area (Å²) in [7, 11) is 0.